The molecule has 0 fully saturated rings. The number of amides is 1. The molecule has 0 spiro atoms. The minimum Gasteiger partial charge on any atom is -0.453 e. The first-order valence-corrected chi connectivity index (χ1v) is 9.29. The van der Waals surface area contributed by atoms with E-state index in [9.17, 15) is 14.0 Å². The van der Waals surface area contributed by atoms with E-state index in [-0.39, 0.29) is 18.1 Å². The van der Waals surface area contributed by atoms with Gasteiger partial charge in [0, 0.05) is 15.5 Å². The van der Waals surface area contributed by atoms with E-state index in [1.807, 2.05) is 17.5 Å². The highest BCUT2D eigenvalue weighted by Crippen LogP contribution is 2.19. The summed E-state index contributed by atoms with van der Waals surface area (Å²) in [5.41, 5.74) is 0. The van der Waals surface area contributed by atoms with Crippen LogP contribution in [0.2, 0.25) is 0 Å². The van der Waals surface area contributed by atoms with Crippen molar-refractivity contribution in [2.45, 2.75) is 30.9 Å². The van der Waals surface area contributed by atoms with Gasteiger partial charge in [-0.25, -0.2) is 4.39 Å². The van der Waals surface area contributed by atoms with E-state index >= 15 is 0 Å². The predicted octanol–water partition coefficient (Wildman–Crippen LogP) is 3.62. The normalized spacial score (nSPS) is 11.8. The van der Waals surface area contributed by atoms with Crippen LogP contribution in [0.1, 0.15) is 18.2 Å². The number of thiophene rings is 1. The quantitative estimate of drug-likeness (QED) is 0.572. The summed E-state index contributed by atoms with van der Waals surface area (Å²) in [7, 11) is 0. The summed E-state index contributed by atoms with van der Waals surface area (Å²) in [5, 5.41) is 4.67. The summed E-state index contributed by atoms with van der Waals surface area (Å²) in [4.78, 5) is 25.6. The van der Waals surface area contributed by atoms with Crippen molar-refractivity contribution >= 4 is 35.0 Å². The Labute approximate surface area is 148 Å². The van der Waals surface area contributed by atoms with Gasteiger partial charge in [0.25, 0.3) is 5.91 Å². The Balaban J connectivity index is 1.65. The second-order valence-corrected chi connectivity index (χ2v) is 7.18. The molecule has 4 nitrogen and oxygen atoms in total. The Hall–Kier alpha value is -1.86. The van der Waals surface area contributed by atoms with Crippen LogP contribution in [0.3, 0.4) is 0 Å². The van der Waals surface area contributed by atoms with Crippen LogP contribution in [0.5, 0.6) is 0 Å². The largest absolute Gasteiger partial charge is 0.453 e. The fourth-order valence-corrected chi connectivity index (χ4v) is 3.30. The van der Waals surface area contributed by atoms with Gasteiger partial charge in [-0.3, -0.25) is 9.59 Å². The Morgan fingerprint density at radius 3 is 2.71 bits per heavy atom. The number of ether oxygens (including phenoxy) is 1. The molecule has 2 aromatic rings. The molecule has 1 atom stereocenters. The maximum atomic E-state index is 12.8. The van der Waals surface area contributed by atoms with Crippen LogP contribution in [0.15, 0.2) is 46.7 Å². The Morgan fingerprint density at radius 2 is 2.04 bits per heavy atom. The first-order valence-electron chi connectivity index (χ1n) is 7.42. The molecule has 1 aromatic carbocycles. The fourth-order valence-electron chi connectivity index (χ4n) is 1.82. The zero-order chi connectivity index (χ0) is 17.4. The zero-order valence-corrected chi connectivity index (χ0v) is 14.8. The van der Waals surface area contributed by atoms with Gasteiger partial charge in [-0.2, -0.15) is 0 Å². The first-order chi connectivity index (χ1) is 11.5. The van der Waals surface area contributed by atoms with Crippen molar-refractivity contribution in [1.29, 1.82) is 0 Å². The summed E-state index contributed by atoms with van der Waals surface area (Å²) in [6, 6.07) is 9.90. The van der Waals surface area contributed by atoms with E-state index in [1.54, 1.807) is 30.4 Å². The number of benzene rings is 1. The van der Waals surface area contributed by atoms with Crippen LogP contribution in [0.25, 0.3) is 0 Å². The molecule has 128 valence electrons. The van der Waals surface area contributed by atoms with Crippen LogP contribution < -0.4 is 5.32 Å². The lowest BCUT2D eigenvalue weighted by atomic mass is 10.3. The second-order valence-electron chi connectivity index (χ2n) is 4.98. The topological polar surface area (TPSA) is 55.4 Å². The third kappa shape index (κ3) is 6.33. The Kier molecular flexibility index (Phi) is 7.27. The second kappa shape index (κ2) is 9.44. The van der Waals surface area contributed by atoms with Gasteiger partial charge < -0.3 is 10.1 Å². The van der Waals surface area contributed by atoms with Crippen LogP contribution in [0, 0.1) is 5.82 Å². The van der Waals surface area contributed by atoms with E-state index < -0.39 is 12.1 Å². The Morgan fingerprint density at radius 1 is 1.29 bits per heavy atom. The van der Waals surface area contributed by atoms with Crippen molar-refractivity contribution < 1.29 is 18.7 Å². The smallest absolute Gasteiger partial charge is 0.307 e. The number of hydrogen-bond acceptors (Lipinski definition) is 5. The summed E-state index contributed by atoms with van der Waals surface area (Å²) in [5.74, 6) is -0.527. The highest BCUT2D eigenvalue weighted by molar-refractivity contribution is 7.99. The van der Waals surface area contributed by atoms with Gasteiger partial charge in [-0.05, 0) is 42.6 Å². The summed E-state index contributed by atoms with van der Waals surface area (Å²) in [6.07, 6.45) is -0.641. The molecule has 0 aliphatic rings. The lowest BCUT2D eigenvalue weighted by Crippen LogP contribution is -2.35. The molecule has 7 heteroatoms. The van der Waals surface area contributed by atoms with Crippen LogP contribution in [0.4, 0.5) is 4.39 Å². The van der Waals surface area contributed by atoms with Gasteiger partial charge >= 0.3 is 5.97 Å². The third-order valence-electron chi connectivity index (χ3n) is 3.08. The molecule has 0 saturated heterocycles. The van der Waals surface area contributed by atoms with E-state index in [4.69, 9.17) is 4.74 Å². The van der Waals surface area contributed by atoms with Crippen molar-refractivity contribution in [2.75, 3.05) is 5.75 Å². The van der Waals surface area contributed by atoms with Crippen molar-refractivity contribution in [3.05, 3.63) is 52.5 Å². The number of thioether (sulfide) groups is 1. The van der Waals surface area contributed by atoms with Gasteiger partial charge in [-0.15, -0.1) is 23.1 Å². The summed E-state index contributed by atoms with van der Waals surface area (Å²) < 4.78 is 17.9. The summed E-state index contributed by atoms with van der Waals surface area (Å²) >= 11 is 2.99. The fraction of sp³-hybridized carbons (Fsp3) is 0.294. The number of hydrogen-bond donors (Lipinski definition) is 1. The lowest BCUT2D eigenvalue weighted by Gasteiger charge is -2.13. The molecule has 24 heavy (non-hydrogen) atoms. The van der Waals surface area contributed by atoms with Gasteiger partial charge in [0.15, 0.2) is 6.10 Å². The molecular weight excluding hydrogens is 349 g/mol. The van der Waals surface area contributed by atoms with E-state index in [1.165, 1.54) is 23.9 Å². The van der Waals surface area contributed by atoms with Crippen molar-refractivity contribution in [2.24, 2.45) is 0 Å². The molecule has 0 aliphatic heterocycles. The molecule has 1 heterocycles. The maximum Gasteiger partial charge on any atom is 0.307 e. The van der Waals surface area contributed by atoms with Crippen molar-refractivity contribution in [3.63, 3.8) is 0 Å². The first kappa shape index (κ1) is 18.5. The Bertz CT molecular complexity index is 659. The highest BCUT2D eigenvalue weighted by Gasteiger charge is 2.17. The minimum absolute atomic E-state index is 0.185. The molecule has 0 radical (unpaired) electrons. The number of carbonyl (C=O) groups excluding carboxylic acids is 2. The molecular formula is C17H18FNO3S2. The van der Waals surface area contributed by atoms with Crippen LogP contribution >= 0.6 is 23.1 Å². The molecule has 1 N–H and O–H groups in total. The lowest BCUT2D eigenvalue weighted by molar-refractivity contribution is -0.154. The van der Waals surface area contributed by atoms with Crippen LogP contribution in [-0.2, 0) is 20.9 Å². The SMILES string of the molecule is C[C@@H](OC(=O)CCSc1ccc(F)cc1)C(=O)NCc1cccs1. The van der Waals surface area contributed by atoms with Crippen molar-refractivity contribution in [3.8, 4) is 0 Å². The van der Waals surface area contributed by atoms with Crippen molar-refractivity contribution in [1.82, 2.24) is 5.32 Å². The average molecular weight is 367 g/mol. The number of rotatable bonds is 8. The van der Waals surface area contributed by atoms with Gasteiger partial charge in [0.05, 0.1) is 13.0 Å². The van der Waals surface area contributed by atoms with E-state index in [0.29, 0.717) is 12.3 Å². The van der Waals surface area contributed by atoms with E-state index in [0.717, 1.165) is 9.77 Å². The number of halogens is 1. The maximum absolute atomic E-state index is 12.8. The van der Waals surface area contributed by atoms with Gasteiger partial charge in [-0.1, -0.05) is 6.07 Å². The number of esters is 1. The molecule has 0 saturated carbocycles. The van der Waals surface area contributed by atoms with Crippen LogP contribution in [-0.4, -0.2) is 23.7 Å². The standard InChI is InChI=1S/C17H18FNO3S2/c1-12(17(21)19-11-15-3-2-9-23-15)22-16(20)8-10-24-14-6-4-13(18)5-7-14/h2-7,9,12H,8,10-11H2,1H3,(H,19,21)/t12-/m1/s1. The zero-order valence-electron chi connectivity index (χ0n) is 13.2. The minimum atomic E-state index is -0.826. The third-order valence-corrected chi connectivity index (χ3v) is 4.97. The number of carbonyl (C=O) groups is 2. The average Bonchev–Trinajstić information content (AvgIpc) is 3.08. The molecule has 2 rings (SSSR count). The highest BCUT2D eigenvalue weighted by atomic mass is 32.2. The van der Waals surface area contributed by atoms with E-state index in [2.05, 4.69) is 5.32 Å². The molecule has 1 amide bonds. The van der Waals surface area contributed by atoms with Gasteiger partial charge in [0.2, 0.25) is 0 Å². The summed E-state index contributed by atoms with van der Waals surface area (Å²) in [6.45, 7) is 1.98. The monoisotopic (exact) mass is 367 g/mol. The number of nitrogens with one attached hydrogen (secondary N) is 1. The molecule has 1 aromatic heterocycles. The molecule has 0 unspecified atom stereocenters. The predicted molar refractivity (Wildman–Crippen MR) is 93.5 cm³/mol. The molecule has 0 aliphatic carbocycles. The van der Waals surface area contributed by atoms with Gasteiger partial charge in [0.1, 0.15) is 5.82 Å². The molecule has 0 bridgehead atoms.